The summed E-state index contributed by atoms with van der Waals surface area (Å²) in [6.07, 6.45) is 3.88. The minimum Gasteiger partial charge on any atom is -0.368 e. The van der Waals surface area contributed by atoms with Gasteiger partial charge in [-0.1, -0.05) is 12.8 Å². The van der Waals surface area contributed by atoms with Crippen molar-refractivity contribution in [2.24, 2.45) is 5.73 Å². The highest BCUT2D eigenvalue weighted by atomic mass is 19.1. The highest BCUT2D eigenvalue weighted by Crippen LogP contribution is 2.25. The lowest BCUT2D eigenvalue weighted by atomic mass is 10.1. The zero-order valence-electron chi connectivity index (χ0n) is 11.6. The number of primary amides is 1. The molecule has 108 valence electrons. The fraction of sp³-hybridized carbons (Fsp3) is 0.467. The first-order valence-corrected chi connectivity index (χ1v) is 6.84. The third kappa shape index (κ3) is 3.15. The number of hydrogen-bond acceptors (Lipinski definition) is 2. The van der Waals surface area contributed by atoms with Crippen molar-refractivity contribution < 1.29 is 14.0 Å². The second kappa shape index (κ2) is 6.03. The molecule has 2 N–H and O–H groups in total. The molecule has 0 spiro atoms. The first-order valence-electron chi connectivity index (χ1n) is 6.84. The van der Waals surface area contributed by atoms with Crippen molar-refractivity contribution in [2.45, 2.75) is 38.6 Å². The van der Waals surface area contributed by atoms with E-state index in [9.17, 15) is 14.0 Å². The Morgan fingerprint density at radius 3 is 2.55 bits per heavy atom. The van der Waals surface area contributed by atoms with Crippen molar-refractivity contribution in [3.05, 3.63) is 35.1 Å². The smallest absolute Gasteiger partial charge is 0.254 e. The number of nitrogens with zero attached hydrogens (tertiary/aromatic N) is 1. The maximum atomic E-state index is 13.1. The van der Waals surface area contributed by atoms with Crippen LogP contribution in [0.2, 0.25) is 0 Å². The summed E-state index contributed by atoms with van der Waals surface area (Å²) < 4.78 is 13.1. The fourth-order valence-electron chi connectivity index (χ4n) is 2.77. The highest BCUT2D eigenvalue weighted by molar-refractivity contribution is 5.97. The molecule has 1 aromatic rings. The molecule has 2 amide bonds. The molecule has 0 atom stereocenters. The van der Waals surface area contributed by atoms with Crippen LogP contribution >= 0.6 is 0 Å². The van der Waals surface area contributed by atoms with E-state index in [1.54, 1.807) is 6.92 Å². The molecule has 5 heteroatoms. The SMILES string of the molecule is Cc1cc(F)ccc1C(=O)N(CC(N)=O)C1CCCC1. The zero-order valence-corrected chi connectivity index (χ0v) is 11.6. The number of nitrogens with two attached hydrogens (primary N) is 1. The van der Waals surface area contributed by atoms with E-state index >= 15 is 0 Å². The normalized spacial score (nSPS) is 15.3. The monoisotopic (exact) mass is 278 g/mol. The molecule has 1 fully saturated rings. The summed E-state index contributed by atoms with van der Waals surface area (Å²) in [6.45, 7) is 1.60. The standard InChI is InChI=1S/C15H19FN2O2/c1-10-8-11(16)6-7-13(10)15(20)18(9-14(17)19)12-4-2-3-5-12/h6-8,12H,2-5,9H2,1H3,(H2,17,19). The van der Waals surface area contributed by atoms with Crippen molar-refractivity contribution in [1.29, 1.82) is 0 Å². The molecule has 0 heterocycles. The highest BCUT2D eigenvalue weighted by Gasteiger charge is 2.29. The Morgan fingerprint density at radius 1 is 1.35 bits per heavy atom. The molecule has 20 heavy (non-hydrogen) atoms. The van der Waals surface area contributed by atoms with E-state index < -0.39 is 5.91 Å². The number of carbonyl (C=O) groups is 2. The molecule has 2 rings (SSSR count). The van der Waals surface area contributed by atoms with Crippen LogP contribution < -0.4 is 5.73 Å². The van der Waals surface area contributed by atoms with Gasteiger partial charge in [0.15, 0.2) is 0 Å². The lowest BCUT2D eigenvalue weighted by Gasteiger charge is -2.28. The van der Waals surface area contributed by atoms with Crippen LogP contribution in [-0.4, -0.2) is 29.3 Å². The van der Waals surface area contributed by atoms with E-state index in [1.165, 1.54) is 23.1 Å². The van der Waals surface area contributed by atoms with Gasteiger partial charge in [0.2, 0.25) is 5.91 Å². The third-order valence-corrected chi connectivity index (χ3v) is 3.77. The quantitative estimate of drug-likeness (QED) is 0.915. The molecule has 1 aromatic carbocycles. The summed E-state index contributed by atoms with van der Waals surface area (Å²) in [7, 11) is 0. The summed E-state index contributed by atoms with van der Waals surface area (Å²) in [5.41, 5.74) is 6.25. The van der Waals surface area contributed by atoms with Gasteiger partial charge in [-0.05, 0) is 43.5 Å². The van der Waals surface area contributed by atoms with Gasteiger partial charge in [0, 0.05) is 11.6 Å². The number of amides is 2. The van der Waals surface area contributed by atoms with Gasteiger partial charge in [0.25, 0.3) is 5.91 Å². The summed E-state index contributed by atoms with van der Waals surface area (Å²) >= 11 is 0. The number of rotatable bonds is 4. The van der Waals surface area contributed by atoms with Crippen molar-refractivity contribution in [2.75, 3.05) is 6.54 Å². The van der Waals surface area contributed by atoms with Gasteiger partial charge in [-0.15, -0.1) is 0 Å². The molecule has 0 unspecified atom stereocenters. The Bertz CT molecular complexity index is 525. The van der Waals surface area contributed by atoms with Crippen LogP contribution in [0.1, 0.15) is 41.6 Å². The lowest BCUT2D eigenvalue weighted by Crippen LogP contribution is -2.44. The molecule has 0 saturated heterocycles. The van der Waals surface area contributed by atoms with Crippen molar-refractivity contribution in [1.82, 2.24) is 4.90 Å². The van der Waals surface area contributed by atoms with Gasteiger partial charge in [0.1, 0.15) is 5.82 Å². The Labute approximate surface area is 117 Å². The van der Waals surface area contributed by atoms with Crippen molar-refractivity contribution in [3.8, 4) is 0 Å². The van der Waals surface area contributed by atoms with Crippen LogP contribution in [0.5, 0.6) is 0 Å². The molecule has 0 aliphatic heterocycles. The van der Waals surface area contributed by atoms with Gasteiger partial charge in [-0.3, -0.25) is 9.59 Å². The zero-order chi connectivity index (χ0) is 14.7. The molecule has 1 aliphatic rings. The van der Waals surface area contributed by atoms with E-state index in [4.69, 9.17) is 5.73 Å². The molecule has 1 saturated carbocycles. The largest absolute Gasteiger partial charge is 0.368 e. The Hall–Kier alpha value is -1.91. The summed E-state index contributed by atoms with van der Waals surface area (Å²) in [4.78, 5) is 25.3. The number of aryl methyl sites for hydroxylation is 1. The Balaban J connectivity index is 2.27. The number of halogens is 1. The molecule has 0 bridgehead atoms. The van der Waals surface area contributed by atoms with E-state index in [-0.39, 0.29) is 24.3 Å². The summed E-state index contributed by atoms with van der Waals surface area (Å²) in [5, 5.41) is 0. The van der Waals surface area contributed by atoms with E-state index in [1.807, 2.05) is 0 Å². The van der Waals surface area contributed by atoms with E-state index in [0.29, 0.717) is 11.1 Å². The Kier molecular flexibility index (Phi) is 4.37. The van der Waals surface area contributed by atoms with Crippen LogP contribution in [0.3, 0.4) is 0 Å². The van der Waals surface area contributed by atoms with E-state index in [0.717, 1.165) is 25.7 Å². The minimum atomic E-state index is -0.523. The van der Waals surface area contributed by atoms with Gasteiger partial charge < -0.3 is 10.6 Å². The topological polar surface area (TPSA) is 63.4 Å². The van der Waals surface area contributed by atoms with Gasteiger partial charge in [0.05, 0.1) is 6.54 Å². The van der Waals surface area contributed by atoms with Crippen molar-refractivity contribution in [3.63, 3.8) is 0 Å². The Morgan fingerprint density at radius 2 is 2.00 bits per heavy atom. The maximum Gasteiger partial charge on any atom is 0.254 e. The first kappa shape index (κ1) is 14.5. The molecular weight excluding hydrogens is 259 g/mol. The number of hydrogen-bond donors (Lipinski definition) is 1. The van der Waals surface area contributed by atoms with Crippen LogP contribution in [0.25, 0.3) is 0 Å². The molecule has 0 radical (unpaired) electrons. The number of benzene rings is 1. The molecule has 0 aromatic heterocycles. The summed E-state index contributed by atoms with van der Waals surface area (Å²) in [5.74, 6) is -1.14. The van der Waals surface area contributed by atoms with Crippen LogP contribution in [0, 0.1) is 12.7 Å². The van der Waals surface area contributed by atoms with Crippen molar-refractivity contribution >= 4 is 11.8 Å². The van der Waals surface area contributed by atoms with Crippen LogP contribution in [0.4, 0.5) is 4.39 Å². The molecule has 4 nitrogen and oxygen atoms in total. The third-order valence-electron chi connectivity index (χ3n) is 3.77. The molecule has 1 aliphatic carbocycles. The predicted molar refractivity (Wildman–Crippen MR) is 73.6 cm³/mol. The second-order valence-electron chi connectivity index (χ2n) is 5.30. The molecular formula is C15H19FN2O2. The minimum absolute atomic E-state index is 0.0550. The first-order chi connectivity index (χ1) is 9.49. The summed E-state index contributed by atoms with van der Waals surface area (Å²) in [6, 6.07) is 4.11. The van der Waals surface area contributed by atoms with Crippen LogP contribution in [-0.2, 0) is 4.79 Å². The van der Waals surface area contributed by atoms with E-state index in [2.05, 4.69) is 0 Å². The fourth-order valence-corrected chi connectivity index (χ4v) is 2.77. The average molecular weight is 278 g/mol. The second-order valence-corrected chi connectivity index (χ2v) is 5.30. The maximum absolute atomic E-state index is 13.1. The number of carbonyl (C=O) groups excluding carboxylic acids is 2. The lowest BCUT2D eigenvalue weighted by molar-refractivity contribution is -0.119. The van der Waals surface area contributed by atoms with Gasteiger partial charge in [-0.25, -0.2) is 4.39 Å². The average Bonchev–Trinajstić information content (AvgIpc) is 2.88. The van der Waals surface area contributed by atoms with Gasteiger partial charge in [-0.2, -0.15) is 0 Å². The van der Waals surface area contributed by atoms with Crippen LogP contribution in [0.15, 0.2) is 18.2 Å². The predicted octanol–water partition coefficient (Wildman–Crippen LogP) is 2.00. The van der Waals surface area contributed by atoms with Gasteiger partial charge >= 0.3 is 0 Å².